The van der Waals surface area contributed by atoms with Gasteiger partial charge in [0.1, 0.15) is 17.3 Å². The molecule has 1 fully saturated rings. The molecule has 3 unspecified atom stereocenters. The van der Waals surface area contributed by atoms with Gasteiger partial charge in [-0.05, 0) is 125 Å². The molecule has 37 heavy (non-hydrogen) atoms. The Kier molecular flexibility index (Phi) is 11.7. The smallest absolute Gasteiger partial charge is 0.122 e. The molecule has 0 saturated heterocycles. The zero-order valence-electron chi connectivity index (χ0n) is 23.1. The van der Waals surface area contributed by atoms with Gasteiger partial charge >= 0.3 is 0 Å². The lowest BCUT2D eigenvalue weighted by Crippen LogP contribution is -2.22. The van der Waals surface area contributed by atoms with Gasteiger partial charge in [-0.2, -0.15) is 0 Å². The quantitative estimate of drug-likeness (QED) is 0.127. The van der Waals surface area contributed by atoms with Crippen LogP contribution in [0.4, 0.5) is 0 Å². The zero-order valence-corrected chi connectivity index (χ0v) is 23.1. The van der Waals surface area contributed by atoms with Gasteiger partial charge in [0, 0.05) is 18.2 Å². The summed E-state index contributed by atoms with van der Waals surface area (Å²) in [6, 6.07) is 14.6. The number of nitrogens with one attached hydrogen (secondary N) is 2. The fourth-order valence-corrected chi connectivity index (χ4v) is 5.35. The van der Waals surface area contributed by atoms with Crippen LogP contribution in [-0.4, -0.2) is 32.1 Å². The van der Waals surface area contributed by atoms with E-state index in [0.29, 0.717) is 31.7 Å². The van der Waals surface area contributed by atoms with Crippen LogP contribution >= 0.6 is 0 Å². The predicted molar refractivity (Wildman–Crippen MR) is 154 cm³/mol. The van der Waals surface area contributed by atoms with E-state index in [1.54, 1.807) is 0 Å². The Balaban J connectivity index is 1.47. The fraction of sp³-hybridized carbons (Fsp3) is 0.581. The molecular weight excluding hydrogens is 460 g/mol. The molecular formula is C31H48N4O2. The van der Waals surface area contributed by atoms with E-state index in [9.17, 15) is 0 Å². The molecule has 1 saturated carbocycles. The number of nitrogens with two attached hydrogens (primary N) is 2. The Hall–Kier alpha value is -2.57. The maximum Gasteiger partial charge on any atom is 0.122 e. The van der Waals surface area contributed by atoms with Gasteiger partial charge in [-0.25, -0.2) is 0 Å². The minimum absolute atomic E-state index is 0.120. The Bertz CT molecular complexity index is 962. The predicted octanol–water partition coefficient (Wildman–Crippen LogP) is 5.97. The Morgan fingerprint density at radius 2 is 1.73 bits per heavy atom. The van der Waals surface area contributed by atoms with Crippen LogP contribution in [0.2, 0.25) is 0 Å². The molecule has 2 aromatic rings. The highest BCUT2D eigenvalue weighted by molar-refractivity contribution is 5.95. The minimum atomic E-state index is 0.120. The van der Waals surface area contributed by atoms with Gasteiger partial charge in [0.25, 0.3) is 0 Å². The van der Waals surface area contributed by atoms with Crippen molar-refractivity contribution in [2.45, 2.75) is 83.7 Å². The van der Waals surface area contributed by atoms with Gasteiger partial charge in [0.15, 0.2) is 0 Å². The second-order valence-corrected chi connectivity index (χ2v) is 10.8. The number of ether oxygens (including phenoxy) is 2. The van der Waals surface area contributed by atoms with Crippen molar-refractivity contribution >= 4 is 5.84 Å². The highest BCUT2D eigenvalue weighted by Crippen LogP contribution is 2.45. The molecule has 4 atom stereocenters. The molecule has 0 aliphatic heterocycles. The summed E-state index contributed by atoms with van der Waals surface area (Å²) in [7, 11) is 2.04. The summed E-state index contributed by atoms with van der Waals surface area (Å²) in [6.45, 7) is 6.62. The van der Waals surface area contributed by atoms with Crippen LogP contribution in [0.3, 0.4) is 0 Å². The van der Waals surface area contributed by atoms with E-state index in [0.717, 1.165) is 53.7 Å². The maximum atomic E-state index is 7.92. The summed E-state index contributed by atoms with van der Waals surface area (Å²) in [5.41, 5.74) is 14.6. The van der Waals surface area contributed by atoms with Crippen molar-refractivity contribution in [3.8, 4) is 11.5 Å². The topological polar surface area (TPSA) is 106 Å². The summed E-state index contributed by atoms with van der Waals surface area (Å²) in [5.74, 6) is 3.92. The molecule has 0 aromatic heterocycles. The second-order valence-electron chi connectivity index (χ2n) is 10.8. The van der Waals surface area contributed by atoms with Gasteiger partial charge in [-0.3, -0.25) is 5.41 Å². The van der Waals surface area contributed by atoms with Gasteiger partial charge in [-0.1, -0.05) is 19.1 Å². The zero-order chi connectivity index (χ0) is 26.6. The summed E-state index contributed by atoms with van der Waals surface area (Å²) in [6.07, 6.45) is 9.14. The first-order chi connectivity index (χ1) is 17.9. The summed E-state index contributed by atoms with van der Waals surface area (Å²) < 4.78 is 12.1. The third kappa shape index (κ3) is 9.04. The number of hydrogen-bond acceptors (Lipinski definition) is 5. The fourth-order valence-electron chi connectivity index (χ4n) is 5.35. The molecule has 6 nitrogen and oxygen atoms in total. The van der Waals surface area contributed by atoms with Gasteiger partial charge < -0.3 is 26.3 Å². The van der Waals surface area contributed by atoms with E-state index in [-0.39, 0.29) is 5.84 Å². The van der Waals surface area contributed by atoms with Crippen molar-refractivity contribution in [1.82, 2.24) is 5.32 Å². The number of unbranched alkanes of at least 4 members (excludes halogenated alkanes) is 2. The van der Waals surface area contributed by atoms with Crippen molar-refractivity contribution in [2.75, 3.05) is 20.3 Å². The first-order valence-corrected chi connectivity index (χ1v) is 14.1. The van der Waals surface area contributed by atoms with E-state index in [4.69, 9.17) is 26.4 Å². The van der Waals surface area contributed by atoms with Crippen molar-refractivity contribution in [3.05, 3.63) is 59.2 Å². The number of rotatable bonds is 16. The monoisotopic (exact) mass is 508 g/mol. The molecule has 204 valence electrons. The first-order valence-electron chi connectivity index (χ1n) is 14.1. The van der Waals surface area contributed by atoms with Gasteiger partial charge in [0.05, 0.1) is 13.2 Å². The molecule has 0 heterocycles. The molecule has 6 N–H and O–H groups in total. The van der Waals surface area contributed by atoms with E-state index in [2.05, 4.69) is 25.2 Å². The number of hydrogen-bond donors (Lipinski definition) is 4. The lowest BCUT2D eigenvalue weighted by molar-refractivity contribution is 0.276. The summed E-state index contributed by atoms with van der Waals surface area (Å²) in [4.78, 5) is 0. The number of nitrogen functional groups attached to an aromatic ring is 1. The van der Waals surface area contributed by atoms with Crippen LogP contribution in [0, 0.1) is 17.2 Å². The third-order valence-electron chi connectivity index (χ3n) is 8.06. The molecule has 6 heteroatoms. The van der Waals surface area contributed by atoms with E-state index in [1.807, 2.05) is 43.4 Å². The maximum absolute atomic E-state index is 7.92. The molecule has 1 aliphatic carbocycles. The van der Waals surface area contributed by atoms with Crippen LogP contribution in [0.15, 0.2) is 42.5 Å². The van der Waals surface area contributed by atoms with Gasteiger partial charge in [0.2, 0.25) is 0 Å². The molecule has 3 rings (SSSR count). The Morgan fingerprint density at radius 3 is 2.41 bits per heavy atom. The average molecular weight is 509 g/mol. The first kappa shape index (κ1) is 29.0. The van der Waals surface area contributed by atoms with Crippen LogP contribution in [-0.2, 0) is 6.54 Å². The highest BCUT2D eigenvalue weighted by Gasteiger charge is 2.31. The van der Waals surface area contributed by atoms with Crippen molar-refractivity contribution < 1.29 is 9.47 Å². The van der Waals surface area contributed by atoms with Crippen molar-refractivity contribution in [3.63, 3.8) is 0 Å². The lowest BCUT2D eigenvalue weighted by atomic mass is 9.86. The standard InChI is InChI=1S/C31H48N4O2/c1-22(7-8-23(2)35-3)25-11-12-26(19-25)29-20-27(31(33)34)13-16-30(29)37-18-6-4-5-17-36-28-14-9-24(21-32)10-15-28/h9-10,13-16,20,22-23,25-26,35H,4-8,11-12,17-19,21,32H2,1-3H3,(H3,33,34)/t22?,23-,25?,26?/m1/s1. The molecule has 0 amide bonds. The molecule has 0 spiro atoms. The highest BCUT2D eigenvalue weighted by atomic mass is 16.5. The Morgan fingerprint density at radius 1 is 1.00 bits per heavy atom. The SMILES string of the molecule is CN[C@H](C)CCC(C)C1CCC(c2cc(C(=N)N)ccc2OCCCCCOc2ccc(CN)cc2)C1. The molecule has 1 aliphatic rings. The second kappa shape index (κ2) is 15.0. The largest absolute Gasteiger partial charge is 0.494 e. The van der Waals surface area contributed by atoms with Gasteiger partial charge in [-0.15, -0.1) is 0 Å². The van der Waals surface area contributed by atoms with Crippen molar-refractivity contribution in [2.24, 2.45) is 23.3 Å². The van der Waals surface area contributed by atoms with E-state index < -0.39 is 0 Å². The van der Waals surface area contributed by atoms with Crippen LogP contribution in [0.5, 0.6) is 11.5 Å². The number of amidine groups is 1. The van der Waals surface area contributed by atoms with Crippen LogP contribution < -0.4 is 26.3 Å². The number of benzene rings is 2. The lowest BCUT2D eigenvalue weighted by Gasteiger charge is -2.22. The molecule has 0 bridgehead atoms. The van der Waals surface area contributed by atoms with E-state index >= 15 is 0 Å². The average Bonchev–Trinajstić information content (AvgIpc) is 3.41. The normalized spacial score (nSPS) is 18.9. The molecule has 0 radical (unpaired) electrons. The Labute approximate surface area is 224 Å². The summed E-state index contributed by atoms with van der Waals surface area (Å²) >= 11 is 0. The van der Waals surface area contributed by atoms with Crippen molar-refractivity contribution in [1.29, 1.82) is 5.41 Å². The van der Waals surface area contributed by atoms with Crippen LogP contribution in [0.25, 0.3) is 0 Å². The third-order valence-corrected chi connectivity index (χ3v) is 8.06. The van der Waals surface area contributed by atoms with E-state index in [1.165, 1.54) is 37.7 Å². The summed E-state index contributed by atoms with van der Waals surface area (Å²) in [5, 5.41) is 11.3. The molecule has 2 aromatic carbocycles. The minimum Gasteiger partial charge on any atom is -0.494 e. The van der Waals surface area contributed by atoms with Crippen LogP contribution in [0.1, 0.15) is 87.8 Å².